The van der Waals surface area contributed by atoms with Gasteiger partial charge in [-0.05, 0) is 44.7 Å². The third-order valence-electron chi connectivity index (χ3n) is 5.81. The zero-order chi connectivity index (χ0) is 17.7. The molecule has 0 radical (unpaired) electrons. The predicted octanol–water partition coefficient (Wildman–Crippen LogP) is 3.48. The highest BCUT2D eigenvalue weighted by Crippen LogP contribution is 2.33. The van der Waals surface area contributed by atoms with Gasteiger partial charge in [-0.3, -0.25) is 0 Å². The molecule has 2 heterocycles. The lowest BCUT2D eigenvalue weighted by Gasteiger charge is -2.42. The Kier molecular flexibility index (Phi) is 6.05. The van der Waals surface area contributed by atoms with Crippen molar-refractivity contribution in [1.82, 2.24) is 14.8 Å². The Labute approximate surface area is 151 Å². The summed E-state index contributed by atoms with van der Waals surface area (Å²) in [5.74, 6) is 0. The predicted molar refractivity (Wildman–Crippen MR) is 99.7 cm³/mol. The van der Waals surface area contributed by atoms with Crippen molar-refractivity contribution in [2.24, 2.45) is 7.05 Å². The second-order valence-electron chi connectivity index (χ2n) is 7.87. The van der Waals surface area contributed by atoms with Gasteiger partial charge in [-0.2, -0.15) is 0 Å². The lowest BCUT2D eigenvalue weighted by atomic mass is 9.92. The van der Waals surface area contributed by atoms with Gasteiger partial charge in [0.15, 0.2) is 0 Å². The molecule has 1 aromatic heterocycles. The van der Waals surface area contributed by atoms with Crippen LogP contribution in [0.2, 0.25) is 0 Å². The van der Waals surface area contributed by atoms with Crippen molar-refractivity contribution in [3.8, 4) is 0 Å². The van der Waals surface area contributed by atoms with E-state index in [4.69, 9.17) is 4.74 Å². The average Bonchev–Trinajstić information content (AvgIpc) is 2.88. The number of aryl methyl sites for hydroxylation is 2. The number of nitrogens with zero attached hydrogens (tertiary/aromatic N) is 2. The lowest BCUT2D eigenvalue weighted by molar-refractivity contribution is -0.105. The molecule has 1 saturated heterocycles. The van der Waals surface area contributed by atoms with E-state index in [1.807, 2.05) is 4.90 Å². The molecule has 2 aliphatic rings. The van der Waals surface area contributed by atoms with Crippen molar-refractivity contribution in [2.45, 2.75) is 69.9 Å². The SMILES string of the molecule is C[C@@H](CCc1cccn1C)NC(=O)N1CCOC2(CCCCCC2)C1. The molecule has 1 aliphatic heterocycles. The summed E-state index contributed by atoms with van der Waals surface area (Å²) in [4.78, 5) is 14.7. The van der Waals surface area contributed by atoms with E-state index in [1.54, 1.807) is 0 Å². The molecule has 3 rings (SSSR count). The molecule has 25 heavy (non-hydrogen) atoms. The molecule has 0 unspecified atom stereocenters. The third-order valence-corrected chi connectivity index (χ3v) is 5.81. The molecule has 5 heteroatoms. The van der Waals surface area contributed by atoms with E-state index >= 15 is 0 Å². The number of ether oxygens (including phenoxy) is 1. The van der Waals surface area contributed by atoms with Crippen molar-refractivity contribution < 1.29 is 9.53 Å². The van der Waals surface area contributed by atoms with Gasteiger partial charge in [-0.1, -0.05) is 25.7 Å². The highest BCUT2D eigenvalue weighted by atomic mass is 16.5. The first-order valence-corrected chi connectivity index (χ1v) is 9.88. The molecule has 0 aromatic carbocycles. The summed E-state index contributed by atoms with van der Waals surface area (Å²) in [6, 6.07) is 4.46. The Morgan fingerprint density at radius 2 is 2.08 bits per heavy atom. The van der Waals surface area contributed by atoms with Gasteiger partial charge in [0.2, 0.25) is 0 Å². The first kappa shape index (κ1) is 18.3. The monoisotopic (exact) mass is 347 g/mol. The van der Waals surface area contributed by atoms with E-state index in [1.165, 1.54) is 31.4 Å². The quantitative estimate of drug-likeness (QED) is 0.906. The van der Waals surface area contributed by atoms with Crippen molar-refractivity contribution in [3.63, 3.8) is 0 Å². The molecule has 2 amide bonds. The summed E-state index contributed by atoms with van der Waals surface area (Å²) in [6.07, 6.45) is 11.3. The normalized spacial score (nSPS) is 21.8. The van der Waals surface area contributed by atoms with E-state index in [-0.39, 0.29) is 17.7 Å². The number of hydrogen-bond donors (Lipinski definition) is 1. The van der Waals surface area contributed by atoms with Crippen molar-refractivity contribution in [2.75, 3.05) is 19.7 Å². The maximum Gasteiger partial charge on any atom is 0.317 e. The van der Waals surface area contributed by atoms with Gasteiger partial charge in [0.05, 0.1) is 18.8 Å². The number of carbonyl (C=O) groups excluding carboxylic acids is 1. The van der Waals surface area contributed by atoms with E-state index < -0.39 is 0 Å². The van der Waals surface area contributed by atoms with Gasteiger partial charge in [0.1, 0.15) is 0 Å². The maximum absolute atomic E-state index is 12.7. The fourth-order valence-electron chi connectivity index (χ4n) is 4.19. The van der Waals surface area contributed by atoms with Gasteiger partial charge in [-0.15, -0.1) is 0 Å². The minimum absolute atomic E-state index is 0.0753. The second-order valence-corrected chi connectivity index (χ2v) is 7.87. The van der Waals surface area contributed by atoms with Gasteiger partial charge < -0.3 is 19.5 Å². The Balaban J connectivity index is 1.49. The summed E-state index contributed by atoms with van der Waals surface area (Å²) in [5, 5.41) is 3.19. The van der Waals surface area contributed by atoms with Crippen LogP contribution < -0.4 is 5.32 Å². The summed E-state index contributed by atoms with van der Waals surface area (Å²) in [5.41, 5.74) is 1.23. The van der Waals surface area contributed by atoms with Crippen LogP contribution in [0.4, 0.5) is 4.79 Å². The number of rotatable bonds is 4. The first-order chi connectivity index (χ1) is 12.1. The molecule has 1 saturated carbocycles. The highest BCUT2D eigenvalue weighted by Gasteiger charge is 2.38. The van der Waals surface area contributed by atoms with Crippen LogP contribution in [-0.2, 0) is 18.2 Å². The zero-order valence-corrected chi connectivity index (χ0v) is 15.8. The Morgan fingerprint density at radius 1 is 1.32 bits per heavy atom. The van der Waals surface area contributed by atoms with Gasteiger partial charge in [-0.25, -0.2) is 4.79 Å². The van der Waals surface area contributed by atoms with Crippen LogP contribution in [0, 0.1) is 0 Å². The lowest BCUT2D eigenvalue weighted by Crippen LogP contribution is -2.56. The minimum atomic E-state index is -0.0850. The zero-order valence-electron chi connectivity index (χ0n) is 15.8. The summed E-state index contributed by atoms with van der Waals surface area (Å²) in [6.45, 7) is 4.23. The molecule has 1 atom stereocenters. The summed E-state index contributed by atoms with van der Waals surface area (Å²) >= 11 is 0. The molecule has 5 nitrogen and oxygen atoms in total. The fourth-order valence-corrected chi connectivity index (χ4v) is 4.19. The minimum Gasteiger partial charge on any atom is -0.371 e. The first-order valence-electron chi connectivity index (χ1n) is 9.88. The fraction of sp³-hybridized carbons (Fsp3) is 0.750. The smallest absolute Gasteiger partial charge is 0.317 e. The van der Waals surface area contributed by atoms with Crippen LogP contribution in [0.3, 0.4) is 0 Å². The van der Waals surface area contributed by atoms with Crippen molar-refractivity contribution >= 4 is 6.03 Å². The van der Waals surface area contributed by atoms with Crippen molar-refractivity contribution in [3.05, 3.63) is 24.0 Å². The molecule has 1 aromatic rings. The van der Waals surface area contributed by atoms with Crippen LogP contribution in [0.1, 0.15) is 57.6 Å². The van der Waals surface area contributed by atoms with Gasteiger partial charge in [0, 0.05) is 31.5 Å². The Morgan fingerprint density at radius 3 is 2.76 bits per heavy atom. The molecular formula is C20H33N3O2. The second kappa shape index (κ2) is 8.26. The number of aromatic nitrogens is 1. The van der Waals surface area contributed by atoms with E-state index in [9.17, 15) is 4.79 Å². The highest BCUT2D eigenvalue weighted by molar-refractivity contribution is 5.74. The average molecular weight is 348 g/mol. The van der Waals surface area contributed by atoms with E-state index in [0.29, 0.717) is 13.2 Å². The summed E-state index contributed by atoms with van der Waals surface area (Å²) in [7, 11) is 2.07. The molecule has 140 valence electrons. The molecule has 1 N–H and O–H groups in total. The standard InChI is InChI=1S/C20H33N3O2/c1-17(9-10-18-8-7-13-22(18)2)21-19(24)23-14-15-25-20(16-23)11-5-3-4-6-12-20/h7-8,13,17H,3-6,9-12,14-16H2,1-2H3,(H,21,24)/t17-/m0/s1. The number of hydrogen-bond acceptors (Lipinski definition) is 2. The Bertz CT molecular complexity index is 561. The van der Waals surface area contributed by atoms with Gasteiger partial charge in [0.25, 0.3) is 0 Å². The van der Waals surface area contributed by atoms with Crippen LogP contribution in [-0.4, -0.2) is 46.8 Å². The molecule has 2 fully saturated rings. The van der Waals surface area contributed by atoms with Crippen LogP contribution in [0.25, 0.3) is 0 Å². The number of nitrogens with one attached hydrogen (secondary N) is 1. The summed E-state index contributed by atoms with van der Waals surface area (Å²) < 4.78 is 8.30. The largest absolute Gasteiger partial charge is 0.371 e. The van der Waals surface area contributed by atoms with E-state index in [0.717, 1.165) is 32.2 Å². The van der Waals surface area contributed by atoms with Crippen molar-refractivity contribution in [1.29, 1.82) is 0 Å². The van der Waals surface area contributed by atoms with Crippen LogP contribution in [0.15, 0.2) is 18.3 Å². The molecule has 1 aliphatic carbocycles. The number of urea groups is 1. The molecule has 1 spiro atoms. The topological polar surface area (TPSA) is 46.5 Å². The van der Waals surface area contributed by atoms with Gasteiger partial charge >= 0.3 is 6.03 Å². The maximum atomic E-state index is 12.7. The van der Waals surface area contributed by atoms with Crippen LogP contribution >= 0.6 is 0 Å². The number of amides is 2. The van der Waals surface area contributed by atoms with E-state index in [2.05, 4.69) is 42.2 Å². The third kappa shape index (κ3) is 4.78. The molecule has 0 bridgehead atoms. The molecular weight excluding hydrogens is 314 g/mol. The number of carbonyl (C=O) groups is 1. The Hall–Kier alpha value is -1.49. The number of morpholine rings is 1. The van der Waals surface area contributed by atoms with Crippen LogP contribution in [0.5, 0.6) is 0 Å².